The molecule has 0 saturated heterocycles. The van der Waals surface area contributed by atoms with Gasteiger partial charge in [0, 0.05) is 24.1 Å². The Morgan fingerprint density at radius 2 is 2.29 bits per heavy atom. The zero-order valence-electron chi connectivity index (χ0n) is 7.86. The molecule has 14 heavy (non-hydrogen) atoms. The molecule has 4 nitrogen and oxygen atoms in total. The van der Waals surface area contributed by atoms with Crippen molar-refractivity contribution in [1.82, 2.24) is 0 Å². The van der Waals surface area contributed by atoms with Crippen LogP contribution in [-0.2, 0) is 6.42 Å². The molecule has 2 N–H and O–H groups in total. The van der Waals surface area contributed by atoms with Crippen LogP contribution in [-0.4, -0.2) is 30.0 Å². The first-order chi connectivity index (χ1) is 6.70. The first-order valence-corrected chi connectivity index (χ1v) is 4.41. The molecule has 2 rings (SSSR count). The predicted octanol–water partition coefficient (Wildman–Crippen LogP) is 0.697. The van der Waals surface area contributed by atoms with E-state index in [1.165, 1.54) is 19.2 Å². The Morgan fingerprint density at radius 1 is 1.50 bits per heavy atom. The minimum Gasteiger partial charge on any atom is -0.508 e. The van der Waals surface area contributed by atoms with Crippen LogP contribution in [0.15, 0.2) is 12.1 Å². The van der Waals surface area contributed by atoms with E-state index in [4.69, 9.17) is 9.47 Å². The van der Waals surface area contributed by atoms with Gasteiger partial charge in [-0.05, 0) is 0 Å². The van der Waals surface area contributed by atoms with Crippen molar-refractivity contribution in [2.24, 2.45) is 0 Å². The van der Waals surface area contributed by atoms with E-state index in [0.29, 0.717) is 17.9 Å². The summed E-state index contributed by atoms with van der Waals surface area (Å²) in [6.45, 7) is 0.263. The van der Waals surface area contributed by atoms with E-state index in [-0.39, 0.29) is 12.4 Å². The van der Waals surface area contributed by atoms with Gasteiger partial charge >= 0.3 is 0 Å². The lowest BCUT2D eigenvalue weighted by molar-refractivity contribution is 0.0906. The van der Waals surface area contributed by atoms with Crippen molar-refractivity contribution < 1.29 is 19.7 Å². The maximum Gasteiger partial charge on any atom is 0.130 e. The lowest BCUT2D eigenvalue weighted by atomic mass is 10.0. The molecule has 0 radical (unpaired) electrons. The van der Waals surface area contributed by atoms with Crippen LogP contribution in [0.1, 0.15) is 5.56 Å². The van der Waals surface area contributed by atoms with E-state index in [1.54, 1.807) is 0 Å². The maximum atomic E-state index is 9.40. The first kappa shape index (κ1) is 9.15. The third-order valence-electron chi connectivity index (χ3n) is 2.24. The molecule has 0 spiro atoms. The highest BCUT2D eigenvalue weighted by atomic mass is 16.5. The molecule has 0 aromatic heterocycles. The van der Waals surface area contributed by atoms with Crippen LogP contribution in [0.5, 0.6) is 17.2 Å². The van der Waals surface area contributed by atoms with Gasteiger partial charge in [0.2, 0.25) is 0 Å². The van der Waals surface area contributed by atoms with E-state index < -0.39 is 6.10 Å². The number of hydrogen-bond acceptors (Lipinski definition) is 4. The molecule has 1 heterocycles. The van der Waals surface area contributed by atoms with E-state index in [2.05, 4.69) is 0 Å². The molecule has 4 heteroatoms. The number of methoxy groups -OCH3 is 1. The van der Waals surface area contributed by atoms with Crippen molar-refractivity contribution in [3.63, 3.8) is 0 Å². The molecule has 1 unspecified atom stereocenters. The van der Waals surface area contributed by atoms with Gasteiger partial charge in [-0.15, -0.1) is 0 Å². The lowest BCUT2D eigenvalue weighted by Crippen LogP contribution is -2.25. The molecular formula is C10H12O4. The summed E-state index contributed by atoms with van der Waals surface area (Å²) in [5, 5.41) is 18.7. The molecule has 0 bridgehead atoms. The summed E-state index contributed by atoms with van der Waals surface area (Å²) in [6.07, 6.45) is -0.000331. The Balaban J connectivity index is 2.47. The number of fused-ring (bicyclic) bond motifs is 1. The summed E-state index contributed by atoms with van der Waals surface area (Å²) in [6, 6.07) is 3.05. The van der Waals surface area contributed by atoms with Gasteiger partial charge in [0.15, 0.2) is 0 Å². The summed E-state index contributed by atoms with van der Waals surface area (Å²) in [5.74, 6) is 1.25. The third-order valence-corrected chi connectivity index (χ3v) is 2.24. The maximum absolute atomic E-state index is 9.40. The van der Waals surface area contributed by atoms with Gasteiger partial charge in [-0.25, -0.2) is 0 Å². The molecular weight excluding hydrogens is 184 g/mol. The van der Waals surface area contributed by atoms with E-state index in [0.717, 1.165) is 5.56 Å². The normalized spacial score (nSPS) is 19.7. The summed E-state index contributed by atoms with van der Waals surface area (Å²) < 4.78 is 10.4. The highest BCUT2D eigenvalue weighted by Crippen LogP contribution is 2.36. The van der Waals surface area contributed by atoms with Gasteiger partial charge in [-0.1, -0.05) is 0 Å². The fourth-order valence-corrected chi connectivity index (χ4v) is 1.60. The Hall–Kier alpha value is -1.42. The van der Waals surface area contributed by atoms with E-state index in [9.17, 15) is 10.2 Å². The minimum absolute atomic E-state index is 0.108. The van der Waals surface area contributed by atoms with Gasteiger partial charge in [0.05, 0.1) is 13.2 Å². The molecule has 1 atom stereocenters. The smallest absolute Gasteiger partial charge is 0.130 e. The molecule has 1 aromatic carbocycles. The molecule has 0 amide bonds. The second-order valence-electron chi connectivity index (χ2n) is 3.29. The van der Waals surface area contributed by atoms with E-state index in [1.807, 2.05) is 0 Å². The number of rotatable bonds is 1. The van der Waals surface area contributed by atoms with Gasteiger partial charge in [-0.2, -0.15) is 0 Å². The molecule has 0 fully saturated rings. The average molecular weight is 196 g/mol. The zero-order valence-corrected chi connectivity index (χ0v) is 7.86. The van der Waals surface area contributed by atoms with Crippen LogP contribution in [0.3, 0.4) is 0 Å². The van der Waals surface area contributed by atoms with Crippen LogP contribution in [0, 0.1) is 0 Å². The van der Waals surface area contributed by atoms with Crippen molar-refractivity contribution in [3.8, 4) is 17.2 Å². The zero-order chi connectivity index (χ0) is 10.1. The number of phenolic OH excluding ortho intramolecular Hbond substituents is 1. The minimum atomic E-state index is -0.499. The number of benzene rings is 1. The molecule has 1 aliphatic heterocycles. The predicted molar refractivity (Wildman–Crippen MR) is 49.9 cm³/mol. The second-order valence-corrected chi connectivity index (χ2v) is 3.29. The Morgan fingerprint density at radius 3 is 3.00 bits per heavy atom. The van der Waals surface area contributed by atoms with Crippen molar-refractivity contribution in [1.29, 1.82) is 0 Å². The number of aliphatic hydroxyl groups is 1. The second kappa shape index (κ2) is 3.38. The number of hydrogen-bond donors (Lipinski definition) is 2. The molecule has 1 aliphatic rings. The standard InChI is InChI=1S/C10H12O4/c1-13-9-3-6(11)4-10-8(9)2-7(12)5-14-10/h3-4,7,11-12H,2,5H2,1H3. The number of aromatic hydroxyl groups is 1. The molecule has 0 aliphatic carbocycles. The molecule has 1 aromatic rings. The fourth-order valence-electron chi connectivity index (χ4n) is 1.60. The summed E-state index contributed by atoms with van der Waals surface area (Å²) >= 11 is 0. The number of ether oxygens (including phenoxy) is 2. The summed E-state index contributed by atoms with van der Waals surface area (Å²) in [4.78, 5) is 0. The summed E-state index contributed by atoms with van der Waals surface area (Å²) in [5.41, 5.74) is 0.809. The fraction of sp³-hybridized carbons (Fsp3) is 0.400. The van der Waals surface area contributed by atoms with Crippen molar-refractivity contribution in [3.05, 3.63) is 17.7 Å². The Bertz CT molecular complexity index is 331. The monoisotopic (exact) mass is 196 g/mol. The lowest BCUT2D eigenvalue weighted by Gasteiger charge is -2.23. The average Bonchev–Trinajstić information content (AvgIpc) is 2.17. The highest BCUT2D eigenvalue weighted by molar-refractivity contribution is 5.51. The summed E-state index contributed by atoms with van der Waals surface area (Å²) in [7, 11) is 1.52. The van der Waals surface area contributed by atoms with Gasteiger partial charge in [0.25, 0.3) is 0 Å². The Labute approximate surface area is 81.7 Å². The SMILES string of the molecule is COc1cc(O)cc2c1CC(O)CO2. The van der Waals surface area contributed by atoms with Crippen LogP contribution in [0.2, 0.25) is 0 Å². The highest BCUT2D eigenvalue weighted by Gasteiger charge is 2.22. The van der Waals surface area contributed by atoms with Gasteiger partial charge in [-0.3, -0.25) is 0 Å². The molecule has 0 saturated carbocycles. The van der Waals surface area contributed by atoms with Crippen LogP contribution in [0.4, 0.5) is 0 Å². The number of phenols is 1. The van der Waals surface area contributed by atoms with Crippen LogP contribution < -0.4 is 9.47 Å². The largest absolute Gasteiger partial charge is 0.508 e. The topological polar surface area (TPSA) is 58.9 Å². The Kier molecular flexibility index (Phi) is 2.21. The quantitative estimate of drug-likeness (QED) is 0.694. The van der Waals surface area contributed by atoms with Crippen molar-refractivity contribution >= 4 is 0 Å². The van der Waals surface area contributed by atoms with Gasteiger partial charge in [0.1, 0.15) is 23.9 Å². The third kappa shape index (κ3) is 1.48. The van der Waals surface area contributed by atoms with Crippen molar-refractivity contribution in [2.75, 3.05) is 13.7 Å². The van der Waals surface area contributed by atoms with Crippen LogP contribution in [0.25, 0.3) is 0 Å². The van der Waals surface area contributed by atoms with E-state index >= 15 is 0 Å². The molecule has 76 valence electrons. The van der Waals surface area contributed by atoms with Gasteiger partial charge < -0.3 is 19.7 Å². The van der Waals surface area contributed by atoms with Crippen molar-refractivity contribution in [2.45, 2.75) is 12.5 Å². The van der Waals surface area contributed by atoms with Crippen LogP contribution >= 0.6 is 0 Å². The first-order valence-electron chi connectivity index (χ1n) is 4.41. The number of aliphatic hydroxyl groups excluding tert-OH is 1.